The summed E-state index contributed by atoms with van der Waals surface area (Å²) in [4.78, 5) is 29.3. The molecule has 0 aromatic rings. The molecular weight excluding hydrogens is 236 g/mol. The van der Waals surface area contributed by atoms with Gasteiger partial charge >= 0.3 is 17.9 Å². The molecule has 0 rings (SSSR count). The van der Waals surface area contributed by atoms with E-state index in [4.69, 9.17) is 32.2 Å². The molecule has 0 saturated carbocycles. The Labute approximate surface area is 95.7 Å². The second kappa shape index (κ2) is 8.91. The molecule has 0 heterocycles. The number of rotatable bonds is 5. The van der Waals surface area contributed by atoms with Gasteiger partial charge in [0.15, 0.2) is 5.96 Å². The number of nitrogens with one attached hydrogen (secondary N) is 2. The summed E-state index contributed by atoms with van der Waals surface area (Å²) < 4.78 is 0. The fourth-order valence-electron chi connectivity index (χ4n) is 0.446. The van der Waals surface area contributed by atoms with E-state index in [2.05, 4.69) is 5.32 Å². The van der Waals surface area contributed by atoms with Crippen molar-refractivity contribution >= 4 is 23.9 Å². The van der Waals surface area contributed by atoms with Gasteiger partial charge in [0.2, 0.25) is 0 Å². The third-order valence-electron chi connectivity index (χ3n) is 1.14. The average molecular weight is 250 g/mol. The van der Waals surface area contributed by atoms with Crippen LogP contribution >= 0.6 is 0 Å². The standard InChI is InChI=1S/C4H7NO4.C3H7N3O2/c5-2(4(8)9)1-3(6)7;4-3(5)6-1-2(7)8/h2H,1,5H2,(H,6,7)(H,8,9);1H2,(H,7,8)(H4,4,5,6). The molecule has 10 heteroatoms. The first-order chi connectivity index (χ1) is 7.66. The normalized spacial score (nSPS) is 10.4. The summed E-state index contributed by atoms with van der Waals surface area (Å²) in [5.41, 5.74) is 9.59. The van der Waals surface area contributed by atoms with Crippen molar-refractivity contribution in [3.63, 3.8) is 0 Å². The van der Waals surface area contributed by atoms with E-state index in [1.54, 1.807) is 0 Å². The molecule has 0 aliphatic rings. The van der Waals surface area contributed by atoms with Gasteiger partial charge in [-0.15, -0.1) is 0 Å². The largest absolute Gasteiger partial charge is 0.481 e. The number of nitrogens with two attached hydrogens (primary N) is 2. The fraction of sp³-hybridized carbons (Fsp3) is 0.429. The van der Waals surface area contributed by atoms with Gasteiger partial charge in [-0.25, -0.2) is 0 Å². The van der Waals surface area contributed by atoms with Gasteiger partial charge < -0.3 is 32.1 Å². The molecule has 1 unspecified atom stereocenters. The molecule has 0 bridgehead atoms. The van der Waals surface area contributed by atoms with Crippen molar-refractivity contribution in [3.05, 3.63) is 0 Å². The number of hydrogen-bond acceptors (Lipinski definition) is 5. The molecular formula is C7H14N4O6. The van der Waals surface area contributed by atoms with Crippen LogP contribution in [0.4, 0.5) is 0 Å². The van der Waals surface area contributed by atoms with Crippen molar-refractivity contribution < 1.29 is 29.7 Å². The maximum atomic E-state index is 9.85. The monoisotopic (exact) mass is 250 g/mol. The zero-order valence-corrected chi connectivity index (χ0v) is 8.71. The van der Waals surface area contributed by atoms with E-state index in [9.17, 15) is 14.4 Å². The predicted molar refractivity (Wildman–Crippen MR) is 55.4 cm³/mol. The predicted octanol–water partition coefficient (Wildman–Crippen LogP) is -2.57. The molecule has 9 N–H and O–H groups in total. The molecule has 0 aromatic heterocycles. The Morgan fingerprint density at radius 3 is 1.76 bits per heavy atom. The van der Waals surface area contributed by atoms with E-state index < -0.39 is 30.4 Å². The van der Waals surface area contributed by atoms with Crippen LogP contribution in [0.5, 0.6) is 0 Å². The van der Waals surface area contributed by atoms with E-state index in [0.29, 0.717) is 0 Å². The van der Waals surface area contributed by atoms with Gasteiger partial charge in [-0.05, 0) is 0 Å². The Kier molecular flexibility index (Phi) is 8.93. The number of guanidine groups is 1. The molecule has 0 fully saturated rings. The van der Waals surface area contributed by atoms with Gasteiger partial charge in [-0.1, -0.05) is 0 Å². The Morgan fingerprint density at radius 1 is 1.18 bits per heavy atom. The van der Waals surface area contributed by atoms with Crippen molar-refractivity contribution in [2.75, 3.05) is 6.54 Å². The molecule has 0 aromatic carbocycles. The summed E-state index contributed by atoms with van der Waals surface area (Å²) >= 11 is 0. The van der Waals surface area contributed by atoms with Gasteiger partial charge in [-0.2, -0.15) is 0 Å². The van der Waals surface area contributed by atoms with Crippen LogP contribution in [0.3, 0.4) is 0 Å². The topological polar surface area (TPSA) is 200 Å². The molecule has 0 aliphatic heterocycles. The maximum absolute atomic E-state index is 9.85. The molecule has 10 nitrogen and oxygen atoms in total. The molecule has 0 radical (unpaired) electrons. The van der Waals surface area contributed by atoms with Crippen LogP contribution in [0, 0.1) is 5.41 Å². The number of aliphatic carboxylic acids is 3. The Hall–Kier alpha value is -2.36. The highest BCUT2D eigenvalue weighted by molar-refractivity contribution is 5.80. The summed E-state index contributed by atoms with van der Waals surface area (Å²) in [6.07, 6.45) is -0.532. The lowest BCUT2D eigenvalue weighted by Crippen LogP contribution is -2.34. The molecule has 0 spiro atoms. The molecule has 0 amide bonds. The van der Waals surface area contributed by atoms with Gasteiger partial charge in [0.1, 0.15) is 12.6 Å². The van der Waals surface area contributed by atoms with Crippen molar-refractivity contribution in [1.29, 1.82) is 5.41 Å². The zero-order valence-electron chi connectivity index (χ0n) is 8.71. The SMILES string of the molecule is N=C(N)NCC(=O)O.NC(CC(=O)O)C(=O)O. The van der Waals surface area contributed by atoms with Crippen LogP contribution in [-0.2, 0) is 14.4 Å². The lowest BCUT2D eigenvalue weighted by atomic mass is 10.2. The maximum Gasteiger partial charge on any atom is 0.322 e. The zero-order chi connectivity index (χ0) is 14.0. The number of carbonyl (C=O) groups is 3. The summed E-state index contributed by atoms with van der Waals surface area (Å²) in [6.45, 7) is -0.296. The first-order valence-corrected chi connectivity index (χ1v) is 4.16. The van der Waals surface area contributed by atoms with Crippen LogP contribution in [-0.4, -0.2) is 51.8 Å². The third kappa shape index (κ3) is 16.3. The highest BCUT2D eigenvalue weighted by atomic mass is 16.4. The minimum absolute atomic E-state index is 0.296. The molecule has 0 aliphatic carbocycles. The smallest absolute Gasteiger partial charge is 0.322 e. The second-order valence-corrected chi connectivity index (χ2v) is 2.70. The van der Waals surface area contributed by atoms with Crippen LogP contribution in [0.25, 0.3) is 0 Å². The van der Waals surface area contributed by atoms with E-state index >= 15 is 0 Å². The first-order valence-electron chi connectivity index (χ1n) is 4.16. The van der Waals surface area contributed by atoms with Gasteiger partial charge in [-0.3, -0.25) is 19.8 Å². The Balaban J connectivity index is 0. The van der Waals surface area contributed by atoms with Crippen molar-refractivity contribution in [3.8, 4) is 0 Å². The first kappa shape index (κ1) is 17.0. The lowest BCUT2D eigenvalue weighted by molar-refractivity contribution is -0.144. The minimum atomic E-state index is -1.29. The van der Waals surface area contributed by atoms with Crippen LogP contribution in [0.1, 0.15) is 6.42 Å². The molecule has 0 saturated heterocycles. The number of carboxylic acids is 3. The average Bonchev–Trinajstić information content (AvgIpc) is 2.14. The second-order valence-electron chi connectivity index (χ2n) is 2.70. The summed E-state index contributed by atoms with van der Waals surface area (Å²) in [7, 11) is 0. The van der Waals surface area contributed by atoms with E-state index in [1.807, 2.05) is 0 Å². The summed E-state index contributed by atoms with van der Waals surface area (Å²) in [5, 5.41) is 32.6. The van der Waals surface area contributed by atoms with Crippen LogP contribution < -0.4 is 16.8 Å². The third-order valence-corrected chi connectivity index (χ3v) is 1.14. The Bertz CT molecular complexity index is 291. The van der Waals surface area contributed by atoms with Crippen molar-refractivity contribution in [2.45, 2.75) is 12.5 Å². The van der Waals surface area contributed by atoms with Gasteiger partial charge in [0.05, 0.1) is 6.42 Å². The highest BCUT2D eigenvalue weighted by Crippen LogP contribution is 1.86. The molecule has 1 atom stereocenters. The number of carboxylic acid groups (broad SMARTS) is 3. The van der Waals surface area contributed by atoms with Gasteiger partial charge in [0, 0.05) is 0 Å². The summed E-state index contributed by atoms with van der Waals surface area (Å²) in [5.74, 6) is -3.85. The highest BCUT2D eigenvalue weighted by Gasteiger charge is 2.14. The van der Waals surface area contributed by atoms with E-state index in [-0.39, 0.29) is 12.5 Å². The van der Waals surface area contributed by atoms with E-state index in [0.717, 1.165) is 0 Å². The fourth-order valence-corrected chi connectivity index (χ4v) is 0.446. The molecule has 98 valence electrons. The van der Waals surface area contributed by atoms with Gasteiger partial charge in [0.25, 0.3) is 0 Å². The quantitative estimate of drug-likeness (QED) is 0.202. The van der Waals surface area contributed by atoms with E-state index in [1.165, 1.54) is 0 Å². The minimum Gasteiger partial charge on any atom is -0.481 e. The van der Waals surface area contributed by atoms with Crippen molar-refractivity contribution in [1.82, 2.24) is 5.32 Å². The summed E-state index contributed by atoms with van der Waals surface area (Å²) in [6, 6.07) is -1.29. The molecule has 17 heavy (non-hydrogen) atoms. The van der Waals surface area contributed by atoms with Crippen molar-refractivity contribution in [2.24, 2.45) is 11.5 Å². The Morgan fingerprint density at radius 2 is 1.65 bits per heavy atom. The van der Waals surface area contributed by atoms with Crippen LogP contribution in [0.15, 0.2) is 0 Å². The van der Waals surface area contributed by atoms with Crippen LogP contribution in [0.2, 0.25) is 0 Å². The number of hydrogen-bond donors (Lipinski definition) is 7. The lowest BCUT2D eigenvalue weighted by Gasteiger charge is -1.99.